The average Bonchev–Trinajstić information content (AvgIpc) is 2.35. The summed E-state index contributed by atoms with van der Waals surface area (Å²) in [5.74, 6) is 0. The molecule has 1 aliphatic carbocycles. The lowest BCUT2D eigenvalue weighted by atomic mass is 9.73. The normalized spacial score (nSPS) is 20.4. The van der Waals surface area contributed by atoms with Crippen LogP contribution >= 0.6 is 0 Å². The van der Waals surface area contributed by atoms with Crippen LogP contribution in [0.4, 0.5) is 0 Å². The van der Waals surface area contributed by atoms with Gasteiger partial charge in [0.1, 0.15) is 6.29 Å². The van der Waals surface area contributed by atoms with E-state index >= 15 is 0 Å². The molecule has 0 radical (unpaired) electrons. The highest BCUT2D eigenvalue weighted by Crippen LogP contribution is 2.40. The molecule has 0 N–H and O–H groups in total. The first-order chi connectivity index (χ1) is 9.08. The summed E-state index contributed by atoms with van der Waals surface area (Å²) in [4.78, 5) is 10.1. The molecular formula is C18H24O. The molecule has 1 nitrogen and oxygen atoms in total. The zero-order chi connectivity index (χ0) is 14.1. The molecule has 0 aliphatic heterocycles. The van der Waals surface area contributed by atoms with Crippen molar-refractivity contribution in [2.75, 3.05) is 0 Å². The highest BCUT2D eigenvalue weighted by molar-refractivity contribution is 5.65. The van der Waals surface area contributed by atoms with Crippen molar-refractivity contribution in [3.05, 3.63) is 59.8 Å². The van der Waals surface area contributed by atoms with Gasteiger partial charge in [0.15, 0.2) is 0 Å². The molecule has 0 bridgehead atoms. The van der Waals surface area contributed by atoms with Gasteiger partial charge in [-0.3, -0.25) is 4.79 Å². The van der Waals surface area contributed by atoms with Crippen LogP contribution in [0.3, 0.4) is 0 Å². The van der Waals surface area contributed by atoms with Gasteiger partial charge in [0.05, 0.1) is 0 Å². The van der Waals surface area contributed by atoms with E-state index in [4.69, 9.17) is 0 Å². The molecule has 1 heteroatoms. The van der Waals surface area contributed by atoms with Crippen LogP contribution in [0.2, 0.25) is 0 Å². The molecular weight excluding hydrogens is 232 g/mol. The molecule has 102 valence electrons. The summed E-state index contributed by atoms with van der Waals surface area (Å²) in [6.45, 7) is 6.89. The second kappa shape index (κ2) is 7.73. The molecule has 0 amide bonds. The van der Waals surface area contributed by atoms with Crippen molar-refractivity contribution in [1.29, 1.82) is 0 Å². The van der Waals surface area contributed by atoms with Gasteiger partial charge in [-0.05, 0) is 43.3 Å². The maximum absolute atomic E-state index is 10.1. The first-order valence-corrected chi connectivity index (χ1v) is 6.90. The molecule has 1 aliphatic rings. The minimum Gasteiger partial charge on any atom is -0.299 e. The summed E-state index contributed by atoms with van der Waals surface area (Å²) in [6, 6.07) is 0. The van der Waals surface area contributed by atoms with Crippen molar-refractivity contribution >= 4 is 6.29 Å². The number of hydrogen-bond acceptors (Lipinski definition) is 1. The summed E-state index contributed by atoms with van der Waals surface area (Å²) in [6.07, 6.45) is 19.8. The average molecular weight is 256 g/mol. The third-order valence-electron chi connectivity index (χ3n) is 3.55. The summed E-state index contributed by atoms with van der Waals surface area (Å²) < 4.78 is 0. The number of allylic oxidation sites excluding steroid dienone is 10. The predicted octanol–water partition coefficient (Wildman–Crippen LogP) is 4.94. The molecule has 0 fully saturated rings. The second-order valence-corrected chi connectivity index (χ2v) is 5.58. The van der Waals surface area contributed by atoms with E-state index in [0.717, 1.165) is 6.29 Å². The maximum Gasteiger partial charge on any atom is 0.142 e. The largest absolute Gasteiger partial charge is 0.299 e. The summed E-state index contributed by atoms with van der Waals surface area (Å²) in [5, 5.41) is 0. The Morgan fingerprint density at radius 2 is 1.53 bits per heavy atom. The van der Waals surface area contributed by atoms with Gasteiger partial charge in [0.2, 0.25) is 0 Å². The Bertz CT molecular complexity index is 442. The molecule has 0 atom stereocenters. The smallest absolute Gasteiger partial charge is 0.142 e. The van der Waals surface area contributed by atoms with E-state index in [1.165, 1.54) is 36.5 Å². The minimum absolute atomic E-state index is 0.301. The van der Waals surface area contributed by atoms with Crippen LogP contribution in [-0.4, -0.2) is 6.29 Å². The van der Waals surface area contributed by atoms with Crippen molar-refractivity contribution in [3.8, 4) is 0 Å². The fourth-order valence-corrected chi connectivity index (χ4v) is 2.53. The summed E-state index contributed by atoms with van der Waals surface area (Å²) in [7, 11) is 0. The van der Waals surface area contributed by atoms with Gasteiger partial charge in [0.25, 0.3) is 0 Å². The Balaban J connectivity index is 2.61. The van der Waals surface area contributed by atoms with E-state index in [2.05, 4.69) is 32.9 Å². The van der Waals surface area contributed by atoms with E-state index in [1.807, 2.05) is 24.3 Å². The lowest BCUT2D eigenvalue weighted by Gasteiger charge is -2.32. The van der Waals surface area contributed by atoms with Gasteiger partial charge in [-0.25, -0.2) is 0 Å². The molecule has 0 aromatic carbocycles. The molecule has 0 saturated heterocycles. The van der Waals surface area contributed by atoms with Crippen LogP contribution in [0.25, 0.3) is 0 Å². The Morgan fingerprint density at radius 1 is 0.947 bits per heavy atom. The van der Waals surface area contributed by atoms with Crippen molar-refractivity contribution in [3.63, 3.8) is 0 Å². The van der Waals surface area contributed by atoms with Crippen LogP contribution in [0.1, 0.15) is 40.0 Å². The molecule has 0 aromatic heterocycles. The Labute approximate surface area is 117 Å². The van der Waals surface area contributed by atoms with Gasteiger partial charge in [-0.2, -0.15) is 0 Å². The molecule has 19 heavy (non-hydrogen) atoms. The topological polar surface area (TPSA) is 17.1 Å². The summed E-state index contributed by atoms with van der Waals surface area (Å²) >= 11 is 0. The van der Waals surface area contributed by atoms with Crippen LogP contribution in [0.15, 0.2) is 59.8 Å². The third-order valence-corrected chi connectivity index (χ3v) is 3.55. The number of rotatable bonds is 5. The van der Waals surface area contributed by atoms with Crippen LogP contribution < -0.4 is 0 Å². The second-order valence-electron chi connectivity index (χ2n) is 5.58. The fraction of sp³-hybridized carbons (Fsp3) is 0.389. The third kappa shape index (κ3) is 5.25. The van der Waals surface area contributed by atoms with Gasteiger partial charge >= 0.3 is 0 Å². The molecule has 0 aromatic rings. The fourth-order valence-electron chi connectivity index (χ4n) is 2.53. The van der Waals surface area contributed by atoms with E-state index in [1.54, 1.807) is 6.08 Å². The number of carbonyl (C=O) groups is 1. The van der Waals surface area contributed by atoms with Crippen molar-refractivity contribution in [2.45, 2.75) is 40.0 Å². The van der Waals surface area contributed by atoms with E-state index in [-0.39, 0.29) is 0 Å². The summed E-state index contributed by atoms with van der Waals surface area (Å²) in [5.41, 5.74) is 3.30. The Morgan fingerprint density at radius 3 is 2.11 bits per heavy atom. The monoisotopic (exact) mass is 256 g/mol. The minimum atomic E-state index is 0.301. The van der Waals surface area contributed by atoms with E-state index in [0.29, 0.717) is 5.41 Å². The standard InChI is InChI=1S/C18H24O/c1-16-12-11-14-18(2,3)17(16)13-9-7-5-4-6-8-10-15-19/h4-10,13,15H,11-12,14H2,1-3H3. The highest BCUT2D eigenvalue weighted by atomic mass is 16.1. The van der Waals surface area contributed by atoms with Gasteiger partial charge < -0.3 is 0 Å². The SMILES string of the molecule is CC1=C(C=CC=CC=CC=CC=O)C(C)(C)CCC1. The molecule has 0 heterocycles. The predicted molar refractivity (Wildman–Crippen MR) is 83.0 cm³/mol. The van der Waals surface area contributed by atoms with E-state index < -0.39 is 0 Å². The van der Waals surface area contributed by atoms with E-state index in [9.17, 15) is 4.79 Å². The van der Waals surface area contributed by atoms with Gasteiger partial charge in [-0.15, -0.1) is 0 Å². The first kappa shape index (κ1) is 15.4. The molecule has 1 rings (SSSR count). The van der Waals surface area contributed by atoms with Crippen LogP contribution in [-0.2, 0) is 4.79 Å². The number of aldehydes is 1. The van der Waals surface area contributed by atoms with Crippen molar-refractivity contribution in [1.82, 2.24) is 0 Å². The zero-order valence-corrected chi connectivity index (χ0v) is 12.2. The highest BCUT2D eigenvalue weighted by Gasteiger charge is 2.26. The van der Waals surface area contributed by atoms with Crippen LogP contribution in [0, 0.1) is 5.41 Å². The lowest BCUT2D eigenvalue weighted by molar-refractivity contribution is -0.104. The number of hydrogen-bond donors (Lipinski definition) is 0. The molecule has 0 saturated carbocycles. The Kier molecular flexibility index (Phi) is 6.27. The Hall–Kier alpha value is -1.63. The van der Waals surface area contributed by atoms with Crippen LogP contribution in [0.5, 0.6) is 0 Å². The molecule has 0 unspecified atom stereocenters. The van der Waals surface area contributed by atoms with Crippen molar-refractivity contribution in [2.24, 2.45) is 5.41 Å². The number of carbonyl (C=O) groups excluding carboxylic acids is 1. The van der Waals surface area contributed by atoms with Crippen molar-refractivity contribution < 1.29 is 4.79 Å². The van der Waals surface area contributed by atoms with Gasteiger partial charge in [0, 0.05) is 0 Å². The quantitative estimate of drug-likeness (QED) is 0.387. The maximum atomic E-state index is 10.1. The zero-order valence-electron chi connectivity index (χ0n) is 12.2. The van der Waals surface area contributed by atoms with Gasteiger partial charge in [-0.1, -0.05) is 62.0 Å². The molecule has 0 spiro atoms. The lowest BCUT2D eigenvalue weighted by Crippen LogP contribution is -2.18. The first-order valence-electron chi connectivity index (χ1n) is 6.90.